The molecule has 1 aliphatic rings. The van der Waals surface area contributed by atoms with Crippen molar-refractivity contribution < 1.29 is 5.11 Å². The Bertz CT molecular complexity index is 660. The van der Waals surface area contributed by atoms with Gasteiger partial charge in [-0.1, -0.05) is 67.9 Å². The predicted molar refractivity (Wildman–Crippen MR) is 106 cm³/mol. The Labute approximate surface area is 152 Å². The van der Waals surface area contributed by atoms with Crippen molar-refractivity contribution in [1.82, 2.24) is 0 Å². The van der Waals surface area contributed by atoms with Gasteiger partial charge in [0.25, 0.3) is 0 Å². The van der Waals surface area contributed by atoms with Crippen LogP contribution in [0, 0.1) is 0 Å². The summed E-state index contributed by atoms with van der Waals surface area (Å²) in [4.78, 5) is 0. The Morgan fingerprint density at radius 1 is 0.960 bits per heavy atom. The van der Waals surface area contributed by atoms with Crippen LogP contribution in [0.25, 0.3) is 11.1 Å². The van der Waals surface area contributed by atoms with Crippen LogP contribution in [0.15, 0.2) is 54.6 Å². The van der Waals surface area contributed by atoms with Gasteiger partial charge in [0.05, 0.1) is 5.60 Å². The van der Waals surface area contributed by atoms with Gasteiger partial charge in [-0.25, -0.2) is 0 Å². The van der Waals surface area contributed by atoms with Crippen molar-refractivity contribution in [2.45, 2.75) is 62.9 Å². The highest BCUT2D eigenvalue weighted by Crippen LogP contribution is 2.48. The van der Waals surface area contributed by atoms with Crippen LogP contribution in [0.3, 0.4) is 0 Å². The second-order valence-corrected chi connectivity index (χ2v) is 7.69. The van der Waals surface area contributed by atoms with E-state index in [0.29, 0.717) is 13.0 Å². The average Bonchev–Trinajstić information content (AvgIpc) is 2.62. The highest BCUT2D eigenvalue weighted by Gasteiger charge is 2.40. The summed E-state index contributed by atoms with van der Waals surface area (Å²) in [5.74, 6) is 0. The first-order valence-electron chi connectivity index (χ1n) is 9.69. The molecule has 1 unspecified atom stereocenters. The maximum absolute atomic E-state index is 10.8. The van der Waals surface area contributed by atoms with E-state index in [1.165, 1.54) is 36.0 Å². The molecule has 0 bridgehead atoms. The van der Waals surface area contributed by atoms with Gasteiger partial charge < -0.3 is 10.8 Å². The van der Waals surface area contributed by atoms with Crippen LogP contribution in [-0.4, -0.2) is 17.3 Å². The molecule has 134 valence electrons. The summed E-state index contributed by atoms with van der Waals surface area (Å²) in [6, 6.07) is 19.6. The van der Waals surface area contributed by atoms with Gasteiger partial charge in [0.15, 0.2) is 0 Å². The van der Waals surface area contributed by atoms with E-state index in [4.69, 9.17) is 5.73 Å². The van der Waals surface area contributed by atoms with Crippen molar-refractivity contribution in [2.75, 3.05) is 6.54 Å². The molecule has 0 amide bonds. The second-order valence-electron chi connectivity index (χ2n) is 7.69. The summed E-state index contributed by atoms with van der Waals surface area (Å²) in [5, 5.41) is 10.8. The molecule has 3 N–H and O–H groups in total. The summed E-state index contributed by atoms with van der Waals surface area (Å²) in [6.45, 7) is 2.63. The first-order valence-corrected chi connectivity index (χ1v) is 9.69. The van der Waals surface area contributed by atoms with Crippen LogP contribution in [0.4, 0.5) is 0 Å². The zero-order valence-corrected chi connectivity index (χ0v) is 15.4. The molecule has 0 radical (unpaired) electrons. The van der Waals surface area contributed by atoms with Gasteiger partial charge in [-0.2, -0.15) is 0 Å². The summed E-state index contributed by atoms with van der Waals surface area (Å²) >= 11 is 0. The van der Waals surface area contributed by atoms with Crippen molar-refractivity contribution >= 4 is 0 Å². The van der Waals surface area contributed by atoms with Crippen LogP contribution < -0.4 is 5.73 Å². The van der Waals surface area contributed by atoms with Gasteiger partial charge in [-0.3, -0.25) is 0 Å². The Morgan fingerprint density at radius 2 is 1.60 bits per heavy atom. The number of aliphatic hydroxyl groups is 1. The zero-order chi connectivity index (χ0) is 17.8. The topological polar surface area (TPSA) is 46.2 Å². The van der Waals surface area contributed by atoms with Crippen LogP contribution in [0.5, 0.6) is 0 Å². The first kappa shape index (κ1) is 18.2. The summed E-state index contributed by atoms with van der Waals surface area (Å²) < 4.78 is 0. The van der Waals surface area contributed by atoms with Crippen LogP contribution >= 0.6 is 0 Å². The lowest BCUT2D eigenvalue weighted by molar-refractivity contribution is 0.00762. The zero-order valence-electron chi connectivity index (χ0n) is 15.4. The molecule has 2 heteroatoms. The smallest absolute Gasteiger partial charge is 0.0657 e. The Hall–Kier alpha value is -1.64. The van der Waals surface area contributed by atoms with Crippen LogP contribution in [0.2, 0.25) is 0 Å². The van der Waals surface area contributed by atoms with Crippen LogP contribution in [0.1, 0.15) is 57.4 Å². The molecule has 0 heterocycles. The standard InChI is InChI=1S/C23H31NO/c1-2-23(25,17-18-24)16-15-22(13-6-14-22)21-11-9-20(10-12-21)19-7-4-3-5-8-19/h3-5,7-12,25H,2,6,13-18,24H2,1H3. The number of nitrogens with two attached hydrogens (primary N) is 1. The molecule has 1 aliphatic carbocycles. The molecular formula is C23H31NO. The minimum Gasteiger partial charge on any atom is -0.390 e. The van der Waals surface area contributed by atoms with Crippen molar-refractivity contribution in [3.05, 3.63) is 60.2 Å². The third kappa shape index (κ3) is 3.96. The van der Waals surface area contributed by atoms with Gasteiger partial charge in [-0.05, 0) is 67.2 Å². The molecule has 0 aliphatic heterocycles. The fourth-order valence-electron chi connectivity index (χ4n) is 4.15. The highest BCUT2D eigenvalue weighted by atomic mass is 16.3. The Kier molecular flexibility index (Phi) is 5.61. The Morgan fingerprint density at radius 3 is 2.12 bits per heavy atom. The minimum atomic E-state index is -0.596. The summed E-state index contributed by atoms with van der Waals surface area (Å²) in [6.07, 6.45) is 7.16. The van der Waals surface area contributed by atoms with Gasteiger partial charge in [0, 0.05) is 0 Å². The van der Waals surface area contributed by atoms with E-state index in [1.807, 2.05) is 0 Å². The maximum atomic E-state index is 10.8. The lowest BCUT2D eigenvalue weighted by atomic mass is 9.61. The van der Waals surface area contributed by atoms with E-state index in [2.05, 4.69) is 61.5 Å². The average molecular weight is 338 g/mol. The third-order valence-corrected chi connectivity index (χ3v) is 6.25. The van der Waals surface area contributed by atoms with E-state index in [9.17, 15) is 5.11 Å². The maximum Gasteiger partial charge on any atom is 0.0657 e. The summed E-state index contributed by atoms with van der Waals surface area (Å²) in [7, 11) is 0. The molecule has 0 spiro atoms. The van der Waals surface area contributed by atoms with Gasteiger partial charge in [0.1, 0.15) is 0 Å². The lowest BCUT2D eigenvalue weighted by Crippen LogP contribution is -2.39. The Balaban J connectivity index is 1.74. The quantitative estimate of drug-likeness (QED) is 0.708. The number of benzene rings is 2. The van der Waals surface area contributed by atoms with Crippen molar-refractivity contribution in [1.29, 1.82) is 0 Å². The molecule has 1 saturated carbocycles. The van der Waals surface area contributed by atoms with E-state index in [1.54, 1.807) is 0 Å². The van der Waals surface area contributed by atoms with Gasteiger partial charge in [-0.15, -0.1) is 0 Å². The number of rotatable bonds is 8. The molecule has 2 aromatic rings. The van der Waals surface area contributed by atoms with E-state index < -0.39 is 5.60 Å². The number of hydrogen-bond donors (Lipinski definition) is 2. The van der Waals surface area contributed by atoms with Crippen molar-refractivity contribution in [3.63, 3.8) is 0 Å². The van der Waals surface area contributed by atoms with E-state index in [0.717, 1.165) is 19.3 Å². The molecule has 2 nitrogen and oxygen atoms in total. The fraction of sp³-hybridized carbons (Fsp3) is 0.478. The monoisotopic (exact) mass is 337 g/mol. The molecule has 0 aromatic heterocycles. The normalized spacial score (nSPS) is 18.4. The molecule has 3 rings (SSSR count). The molecule has 0 saturated heterocycles. The third-order valence-electron chi connectivity index (χ3n) is 6.25. The summed E-state index contributed by atoms with van der Waals surface area (Å²) in [5.41, 5.74) is 9.33. The van der Waals surface area contributed by atoms with E-state index >= 15 is 0 Å². The van der Waals surface area contributed by atoms with Crippen LogP contribution in [-0.2, 0) is 5.41 Å². The molecule has 2 aromatic carbocycles. The molecular weight excluding hydrogens is 306 g/mol. The highest BCUT2D eigenvalue weighted by molar-refractivity contribution is 5.63. The van der Waals surface area contributed by atoms with Crippen molar-refractivity contribution in [3.8, 4) is 11.1 Å². The second kappa shape index (κ2) is 7.72. The fourth-order valence-corrected chi connectivity index (χ4v) is 4.15. The number of hydrogen-bond acceptors (Lipinski definition) is 2. The molecule has 1 atom stereocenters. The minimum absolute atomic E-state index is 0.257. The van der Waals surface area contributed by atoms with Gasteiger partial charge >= 0.3 is 0 Å². The SMILES string of the molecule is CCC(O)(CCN)CCC1(c2ccc(-c3ccccc3)cc2)CCC1. The largest absolute Gasteiger partial charge is 0.390 e. The molecule has 1 fully saturated rings. The first-order chi connectivity index (χ1) is 12.1. The lowest BCUT2D eigenvalue weighted by Gasteiger charge is -2.44. The molecule has 25 heavy (non-hydrogen) atoms. The van der Waals surface area contributed by atoms with Gasteiger partial charge in [0.2, 0.25) is 0 Å². The van der Waals surface area contributed by atoms with Crippen molar-refractivity contribution in [2.24, 2.45) is 5.73 Å². The van der Waals surface area contributed by atoms with E-state index in [-0.39, 0.29) is 5.41 Å². The predicted octanol–water partition coefficient (Wildman–Crippen LogP) is 5.05.